The summed E-state index contributed by atoms with van der Waals surface area (Å²) < 4.78 is 5.75. The van der Waals surface area contributed by atoms with Crippen LogP contribution in [0.25, 0.3) is 0 Å². The maximum absolute atomic E-state index is 13.3. The van der Waals surface area contributed by atoms with Crippen LogP contribution in [0.3, 0.4) is 0 Å². The lowest BCUT2D eigenvalue weighted by atomic mass is 10.1. The molecule has 2 aromatic carbocycles. The molecule has 0 radical (unpaired) electrons. The number of benzene rings is 2. The number of carbonyl (C=O) groups is 1. The van der Waals surface area contributed by atoms with E-state index in [1.807, 2.05) is 66.4 Å². The van der Waals surface area contributed by atoms with E-state index >= 15 is 0 Å². The number of aryl methyl sites for hydroxylation is 1. The zero-order valence-corrected chi connectivity index (χ0v) is 17.7. The molecule has 1 N–H and O–H groups in total. The van der Waals surface area contributed by atoms with E-state index in [-0.39, 0.29) is 5.91 Å². The summed E-state index contributed by atoms with van der Waals surface area (Å²) in [4.78, 5) is 16.4. The van der Waals surface area contributed by atoms with Crippen molar-refractivity contribution in [2.24, 2.45) is 0 Å². The Morgan fingerprint density at radius 1 is 1.00 bits per heavy atom. The van der Waals surface area contributed by atoms with E-state index in [1.54, 1.807) is 0 Å². The highest BCUT2D eigenvalue weighted by Gasteiger charge is 2.21. The Labute approximate surface area is 179 Å². The number of nitrogens with one attached hydrogen (secondary N) is 1. The summed E-state index contributed by atoms with van der Waals surface area (Å²) in [7, 11) is 0. The van der Waals surface area contributed by atoms with E-state index in [2.05, 4.69) is 30.8 Å². The third-order valence-corrected chi connectivity index (χ3v) is 5.14. The van der Waals surface area contributed by atoms with E-state index in [1.165, 1.54) is 16.0 Å². The SMILES string of the molecule is C=CC[NH+](CC(=O)N(CCc1ccccc1)Cc1ccc(C)o1)Cc1ccccc1. The summed E-state index contributed by atoms with van der Waals surface area (Å²) in [5, 5.41) is 0. The van der Waals surface area contributed by atoms with Gasteiger partial charge in [-0.05, 0) is 37.1 Å². The monoisotopic (exact) mass is 403 g/mol. The minimum Gasteiger partial charge on any atom is -0.464 e. The third-order valence-electron chi connectivity index (χ3n) is 5.14. The number of amides is 1. The highest BCUT2D eigenvalue weighted by atomic mass is 16.3. The predicted molar refractivity (Wildman–Crippen MR) is 120 cm³/mol. The van der Waals surface area contributed by atoms with Gasteiger partial charge in [-0.15, -0.1) is 0 Å². The van der Waals surface area contributed by atoms with Gasteiger partial charge in [-0.2, -0.15) is 0 Å². The van der Waals surface area contributed by atoms with E-state index in [9.17, 15) is 4.79 Å². The Balaban J connectivity index is 1.69. The first-order chi connectivity index (χ1) is 14.6. The van der Waals surface area contributed by atoms with Gasteiger partial charge < -0.3 is 14.2 Å². The standard InChI is InChI=1S/C26H30N2O2/c1-3-17-27(19-24-12-8-5-9-13-24)21-26(29)28(20-25-15-14-22(2)30-25)18-16-23-10-6-4-7-11-23/h3-15H,1,16-21H2,2H3/p+1. The average Bonchev–Trinajstić information content (AvgIpc) is 3.17. The normalized spacial score (nSPS) is 11.8. The van der Waals surface area contributed by atoms with Crippen molar-refractivity contribution < 1.29 is 14.1 Å². The molecule has 0 spiro atoms. The third kappa shape index (κ3) is 6.75. The van der Waals surface area contributed by atoms with E-state index in [0.717, 1.165) is 31.0 Å². The number of carbonyl (C=O) groups excluding carboxylic acids is 1. The van der Waals surface area contributed by atoms with Crippen molar-refractivity contribution in [1.29, 1.82) is 0 Å². The van der Waals surface area contributed by atoms with Gasteiger partial charge in [0, 0.05) is 12.1 Å². The number of quaternary nitrogens is 1. The molecular formula is C26H31N2O2+. The Morgan fingerprint density at radius 3 is 2.27 bits per heavy atom. The second-order valence-electron chi connectivity index (χ2n) is 7.65. The fraction of sp³-hybridized carbons (Fsp3) is 0.269. The topological polar surface area (TPSA) is 37.9 Å². The quantitative estimate of drug-likeness (QED) is 0.498. The molecule has 0 bridgehead atoms. The van der Waals surface area contributed by atoms with E-state index in [0.29, 0.717) is 19.6 Å². The fourth-order valence-corrected chi connectivity index (χ4v) is 3.58. The minimum atomic E-state index is 0.132. The number of furan rings is 1. The Hall–Kier alpha value is -3.11. The van der Waals surface area contributed by atoms with Crippen LogP contribution in [-0.4, -0.2) is 30.4 Å². The van der Waals surface area contributed by atoms with Gasteiger partial charge in [0.2, 0.25) is 0 Å². The smallest absolute Gasteiger partial charge is 0.278 e. The molecule has 0 aliphatic heterocycles. The lowest BCUT2D eigenvalue weighted by Gasteiger charge is -2.25. The zero-order chi connectivity index (χ0) is 21.2. The van der Waals surface area contributed by atoms with Crippen LogP contribution in [0.15, 0.2) is 89.9 Å². The summed E-state index contributed by atoms with van der Waals surface area (Å²) in [6.45, 7) is 8.93. The van der Waals surface area contributed by atoms with Crippen molar-refractivity contribution in [1.82, 2.24) is 4.90 Å². The van der Waals surface area contributed by atoms with Crippen molar-refractivity contribution in [3.8, 4) is 0 Å². The molecule has 30 heavy (non-hydrogen) atoms. The maximum Gasteiger partial charge on any atom is 0.278 e. The van der Waals surface area contributed by atoms with Gasteiger partial charge in [-0.1, -0.05) is 67.2 Å². The van der Waals surface area contributed by atoms with Crippen LogP contribution < -0.4 is 4.90 Å². The molecule has 4 heteroatoms. The molecule has 156 valence electrons. The molecule has 1 heterocycles. The molecule has 1 amide bonds. The van der Waals surface area contributed by atoms with Crippen molar-refractivity contribution in [3.63, 3.8) is 0 Å². The summed E-state index contributed by atoms with van der Waals surface area (Å²) in [5.41, 5.74) is 2.45. The molecule has 1 aromatic heterocycles. The van der Waals surface area contributed by atoms with Gasteiger partial charge in [0.05, 0.1) is 13.1 Å². The fourth-order valence-electron chi connectivity index (χ4n) is 3.58. The summed E-state index contributed by atoms with van der Waals surface area (Å²) in [6.07, 6.45) is 2.71. The lowest BCUT2D eigenvalue weighted by Crippen LogP contribution is -3.11. The molecule has 0 fully saturated rings. The predicted octanol–water partition coefficient (Wildman–Crippen LogP) is 3.43. The van der Waals surface area contributed by atoms with Crippen molar-refractivity contribution >= 4 is 5.91 Å². The number of hydrogen-bond donors (Lipinski definition) is 1. The Kier molecular flexibility index (Phi) is 8.04. The molecule has 4 nitrogen and oxygen atoms in total. The summed E-state index contributed by atoms with van der Waals surface area (Å²) >= 11 is 0. The molecule has 3 aromatic rings. The van der Waals surface area contributed by atoms with Crippen LogP contribution >= 0.6 is 0 Å². The molecule has 1 atom stereocenters. The molecule has 0 aliphatic carbocycles. The summed E-state index contributed by atoms with van der Waals surface area (Å²) in [5.74, 6) is 1.82. The first kappa shape index (κ1) is 21.6. The Bertz CT molecular complexity index is 918. The molecule has 0 aliphatic rings. The van der Waals surface area contributed by atoms with Crippen molar-refractivity contribution in [3.05, 3.63) is 108 Å². The van der Waals surface area contributed by atoms with E-state index in [4.69, 9.17) is 4.42 Å². The maximum atomic E-state index is 13.3. The summed E-state index contributed by atoms with van der Waals surface area (Å²) in [6, 6.07) is 24.5. The molecule has 1 unspecified atom stereocenters. The zero-order valence-electron chi connectivity index (χ0n) is 17.7. The molecule has 3 rings (SSSR count). The second kappa shape index (κ2) is 11.2. The largest absolute Gasteiger partial charge is 0.464 e. The lowest BCUT2D eigenvalue weighted by molar-refractivity contribution is -0.900. The van der Waals surface area contributed by atoms with Gasteiger partial charge in [-0.25, -0.2) is 0 Å². The molecular weight excluding hydrogens is 372 g/mol. The van der Waals surface area contributed by atoms with Gasteiger partial charge in [0.15, 0.2) is 6.54 Å². The van der Waals surface area contributed by atoms with Gasteiger partial charge in [-0.3, -0.25) is 4.79 Å². The van der Waals surface area contributed by atoms with Gasteiger partial charge >= 0.3 is 0 Å². The van der Waals surface area contributed by atoms with E-state index < -0.39 is 0 Å². The minimum absolute atomic E-state index is 0.132. The van der Waals surface area contributed by atoms with Crippen molar-refractivity contribution in [2.75, 3.05) is 19.6 Å². The van der Waals surface area contributed by atoms with Gasteiger partial charge in [0.1, 0.15) is 18.1 Å². The Morgan fingerprint density at radius 2 is 1.67 bits per heavy atom. The second-order valence-corrected chi connectivity index (χ2v) is 7.65. The number of nitrogens with zero attached hydrogens (tertiary/aromatic N) is 1. The number of hydrogen-bond acceptors (Lipinski definition) is 2. The number of rotatable bonds is 11. The first-order valence-electron chi connectivity index (χ1n) is 10.5. The highest BCUT2D eigenvalue weighted by Crippen LogP contribution is 2.11. The van der Waals surface area contributed by atoms with Crippen LogP contribution in [0.4, 0.5) is 0 Å². The average molecular weight is 404 g/mol. The van der Waals surface area contributed by atoms with Crippen molar-refractivity contribution in [2.45, 2.75) is 26.4 Å². The van der Waals surface area contributed by atoms with Crippen LogP contribution in [-0.2, 0) is 24.3 Å². The van der Waals surface area contributed by atoms with Crippen LogP contribution in [0.5, 0.6) is 0 Å². The van der Waals surface area contributed by atoms with Crippen LogP contribution in [0, 0.1) is 6.92 Å². The highest BCUT2D eigenvalue weighted by molar-refractivity contribution is 5.77. The molecule has 0 saturated carbocycles. The molecule has 0 saturated heterocycles. The first-order valence-corrected chi connectivity index (χ1v) is 10.5. The van der Waals surface area contributed by atoms with Crippen LogP contribution in [0.2, 0.25) is 0 Å². The van der Waals surface area contributed by atoms with Crippen LogP contribution in [0.1, 0.15) is 22.6 Å². The van der Waals surface area contributed by atoms with Gasteiger partial charge in [0.25, 0.3) is 5.91 Å².